The van der Waals surface area contributed by atoms with Crippen LogP contribution in [0.4, 0.5) is 0 Å². The number of rotatable bonds is 3. The minimum absolute atomic E-state index is 0.419. The summed E-state index contributed by atoms with van der Waals surface area (Å²) in [6.45, 7) is 1.57. The van der Waals surface area contributed by atoms with Crippen LogP contribution in [0.3, 0.4) is 0 Å². The molecule has 5 heteroatoms. The highest BCUT2D eigenvalue weighted by atomic mass is 16.5. The molecule has 0 radical (unpaired) electrons. The number of nitrogens with one attached hydrogen (secondary N) is 1. The maximum absolute atomic E-state index is 11.0. The first-order chi connectivity index (χ1) is 7.17. The molecule has 1 atom stereocenters. The topological polar surface area (TPSA) is 88.1 Å². The molecule has 0 fully saturated rings. The Hall–Kier alpha value is -2.06. The molecule has 0 bridgehead atoms. The first kappa shape index (κ1) is 11.0. The average Bonchev–Trinajstić information content (AvgIpc) is 2.28. The van der Waals surface area contributed by atoms with Gasteiger partial charge in [-0.25, -0.2) is 5.84 Å². The van der Waals surface area contributed by atoms with Gasteiger partial charge in [-0.1, -0.05) is 6.07 Å². The lowest BCUT2D eigenvalue weighted by atomic mass is 10.2. The summed E-state index contributed by atoms with van der Waals surface area (Å²) in [5, 5.41) is 8.65. The van der Waals surface area contributed by atoms with Crippen molar-refractivity contribution in [3.05, 3.63) is 29.8 Å². The predicted molar refractivity (Wildman–Crippen MR) is 53.6 cm³/mol. The summed E-state index contributed by atoms with van der Waals surface area (Å²) in [7, 11) is 0. The van der Waals surface area contributed by atoms with Gasteiger partial charge < -0.3 is 4.74 Å². The molecule has 0 heterocycles. The molecular formula is C10H11N3O2. The molecule has 0 aliphatic heterocycles. The third kappa shape index (κ3) is 2.97. The van der Waals surface area contributed by atoms with E-state index < -0.39 is 12.0 Å². The Bertz CT molecular complexity index is 398. The van der Waals surface area contributed by atoms with Crippen LogP contribution in [0.1, 0.15) is 12.5 Å². The number of ether oxygens (including phenoxy) is 1. The van der Waals surface area contributed by atoms with Gasteiger partial charge in [-0.3, -0.25) is 10.2 Å². The van der Waals surface area contributed by atoms with E-state index in [9.17, 15) is 4.79 Å². The van der Waals surface area contributed by atoms with Crippen molar-refractivity contribution in [1.82, 2.24) is 5.43 Å². The van der Waals surface area contributed by atoms with Crippen molar-refractivity contribution in [3.63, 3.8) is 0 Å². The van der Waals surface area contributed by atoms with Gasteiger partial charge in [-0.05, 0) is 25.1 Å². The number of hydrogen-bond donors (Lipinski definition) is 2. The number of nitrogens with zero attached hydrogens (tertiary/aromatic N) is 1. The van der Waals surface area contributed by atoms with Crippen LogP contribution in [0, 0.1) is 11.3 Å². The average molecular weight is 205 g/mol. The molecule has 1 aromatic carbocycles. The fourth-order valence-electron chi connectivity index (χ4n) is 1.01. The van der Waals surface area contributed by atoms with Crippen LogP contribution in [0.5, 0.6) is 5.75 Å². The highest BCUT2D eigenvalue weighted by molar-refractivity contribution is 5.80. The number of nitriles is 1. The summed E-state index contributed by atoms with van der Waals surface area (Å²) in [6, 6.07) is 8.54. The van der Waals surface area contributed by atoms with E-state index in [0.717, 1.165) is 0 Å². The van der Waals surface area contributed by atoms with E-state index >= 15 is 0 Å². The first-order valence-electron chi connectivity index (χ1n) is 4.34. The van der Waals surface area contributed by atoms with Crippen LogP contribution in [0.25, 0.3) is 0 Å². The monoisotopic (exact) mass is 205 g/mol. The first-order valence-corrected chi connectivity index (χ1v) is 4.34. The Balaban J connectivity index is 2.73. The van der Waals surface area contributed by atoms with E-state index in [1.165, 1.54) is 0 Å². The SMILES string of the molecule is CC(Oc1cccc(C#N)c1)C(=O)NN. The fourth-order valence-corrected chi connectivity index (χ4v) is 1.01. The van der Waals surface area contributed by atoms with Gasteiger partial charge in [-0.2, -0.15) is 5.26 Å². The van der Waals surface area contributed by atoms with Crippen molar-refractivity contribution < 1.29 is 9.53 Å². The third-order valence-electron chi connectivity index (χ3n) is 1.79. The number of carbonyl (C=O) groups excluding carboxylic acids is 1. The van der Waals surface area contributed by atoms with Gasteiger partial charge >= 0.3 is 0 Å². The molecule has 0 spiro atoms. The number of carbonyl (C=O) groups is 1. The van der Waals surface area contributed by atoms with Crippen molar-refractivity contribution in [2.45, 2.75) is 13.0 Å². The minimum atomic E-state index is -0.691. The van der Waals surface area contributed by atoms with Crippen molar-refractivity contribution in [3.8, 4) is 11.8 Å². The standard InChI is InChI=1S/C10H11N3O2/c1-7(10(14)13-12)15-9-4-2-3-8(5-9)6-11/h2-5,7H,12H2,1H3,(H,13,14). The molecule has 1 unspecified atom stereocenters. The van der Waals surface area contributed by atoms with Gasteiger partial charge in [-0.15, -0.1) is 0 Å². The second kappa shape index (κ2) is 4.98. The van der Waals surface area contributed by atoms with E-state index in [4.69, 9.17) is 15.8 Å². The molecule has 3 N–H and O–H groups in total. The number of benzene rings is 1. The number of hydrazine groups is 1. The van der Waals surface area contributed by atoms with Crippen molar-refractivity contribution >= 4 is 5.91 Å². The van der Waals surface area contributed by atoms with E-state index in [0.29, 0.717) is 11.3 Å². The lowest BCUT2D eigenvalue weighted by Gasteiger charge is -2.12. The molecule has 0 saturated carbocycles. The molecule has 0 aromatic heterocycles. The van der Waals surface area contributed by atoms with Crippen LogP contribution in [-0.4, -0.2) is 12.0 Å². The van der Waals surface area contributed by atoms with E-state index in [2.05, 4.69) is 0 Å². The Morgan fingerprint density at radius 3 is 3.00 bits per heavy atom. The maximum atomic E-state index is 11.0. The highest BCUT2D eigenvalue weighted by Gasteiger charge is 2.12. The third-order valence-corrected chi connectivity index (χ3v) is 1.79. The Morgan fingerprint density at radius 1 is 1.67 bits per heavy atom. The molecule has 15 heavy (non-hydrogen) atoms. The number of amides is 1. The lowest BCUT2D eigenvalue weighted by Crippen LogP contribution is -2.40. The second-order valence-corrected chi connectivity index (χ2v) is 2.91. The van der Waals surface area contributed by atoms with Crippen molar-refractivity contribution in [1.29, 1.82) is 5.26 Å². The zero-order valence-corrected chi connectivity index (χ0v) is 8.23. The van der Waals surface area contributed by atoms with Crippen LogP contribution in [0.2, 0.25) is 0 Å². The Kier molecular flexibility index (Phi) is 3.66. The summed E-state index contributed by atoms with van der Waals surface area (Å²) in [6.07, 6.45) is -0.691. The normalized spacial score (nSPS) is 11.3. The molecule has 0 saturated heterocycles. The van der Waals surface area contributed by atoms with E-state index in [-0.39, 0.29) is 0 Å². The Labute approximate surface area is 87.4 Å². The highest BCUT2D eigenvalue weighted by Crippen LogP contribution is 2.14. The van der Waals surface area contributed by atoms with E-state index in [1.807, 2.05) is 11.5 Å². The zero-order chi connectivity index (χ0) is 11.3. The van der Waals surface area contributed by atoms with Gasteiger partial charge in [0.25, 0.3) is 5.91 Å². The predicted octanol–water partition coefficient (Wildman–Crippen LogP) is 0.315. The van der Waals surface area contributed by atoms with Gasteiger partial charge in [0.2, 0.25) is 0 Å². The number of nitrogens with two attached hydrogens (primary N) is 1. The molecule has 78 valence electrons. The second-order valence-electron chi connectivity index (χ2n) is 2.91. The van der Waals surface area contributed by atoms with E-state index in [1.54, 1.807) is 31.2 Å². The Morgan fingerprint density at radius 2 is 2.40 bits per heavy atom. The lowest BCUT2D eigenvalue weighted by molar-refractivity contribution is -0.127. The maximum Gasteiger partial charge on any atom is 0.274 e. The smallest absolute Gasteiger partial charge is 0.274 e. The summed E-state index contributed by atoms with van der Waals surface area (Å²) in [5.74, 6) is 4.99. The van der Waals surface area contributed by atoms with Gasteiger partial charge in [0.1, 0.15) is 5.75 Å². The van der Waals surface area contributed by atoms with Crippen LogP contribution in [0.15, 0.2) is 24.3 Å². The van der Waals surface area contributed by atoms with Crippen molar-refractivity contribution in [2.24, 2.45) is 5.84 Å². The summed E-state index contributed by atoms with van der Waals surface area (Å²) < 4.78 is 5.27. The molecule has 1 amide bonds. The molecule has 0 aliphatic carbocycles. The summed E-state index contributed by atoms with van der Waals surface area (Å²) in [5.41, 5.74) is 2.46. The van der Waals surface area contributed by atoms with Gasteiger partial charge in [0.15, 0.2) is 6.10 Å². The van der Waals surface area contributed by atoms with Gasteiger partial charge in [0.05, 0.1) is 11.6 Å². The van der Waals surface area contributed by atoms with Crippen molar-refractivity contribution in [2.75, 3.05) is 0 Å². The summed E-state index contributed by atoms with van der Waals surface area (Å²) in [4.78, 5) is 11.0. The van der Waals surface area contributed by atoms with Crippen LogP contribution in [-0.2, 0) is 4.79 Å². The number of hydrogen-bond acceptors (Lipinski definition) is 4. The molecular weight excluding hydrogens is 194 g/mol. The zero-order valence-electron chi connectivity index (χ0n) is 8.23. The summed E-state index contributed by atoms with van der Waals surface area (Å²) >= 11 is 0. The quantitative estimate of drug-likeness (QED) is 0.422. The molecule has 1 rings (SSSR count). The minimum Gasteiger partial charge on any atom is -0.481 e. The molecule has 0 aliphatic rings. The fraction of sp³-hybridized carbons (Fsp3) is 0.200. The van der Waals surface area contributed by atoms with Crippen LogP contribution >= 0.6 is 0 Å². The van der Waals surface area contributed by atoms with Crippen LogP contribution < -0.4 is 16.0 Å². The molecule has 5 nitrogen and oxygen atoms in total. The molecule has 1 aromatic rings. The van der Waals surface area contributed by atoms with Gasteiger partial charge in [0, 0.05) is 0 Å². The largest absolute Gasteiger partial charge is 0.481 e.